The molecule has 5 nitrogen and oxygen atoms in total. The number of benzene rings is 2. The van der Waals surface area contributed by atoms with Gasteiger partial charge in [-0.2, -0.15) is 0 Å². The number of ether oxygens (including phenoxy) is 1. The highest BCUT2D eigenvalue weighted by atomic mass is 32.2. The smallest absolute Gasteiger partial charge is 0.314 e. The van der Waals surface area contributed by atoms with Crippen LogP contribution >= 0.6 is 11.8 Å². The average molecular weight is 428 g/mol. The Hall–Kier alpha value is -2.31. The standard InChI is InChI=1S/C24H29NO4S/c1-4-25(5-2)15-17-12-13-18-21(24(28)29-6-3)20(30-23(18)22(17)27)14-19(26)16-10-8-7-9-11-16/h7-13,20-21,27H,4-6,14-15H2,1-3H3. The van der Waals surface area contributed by atoms with E-state index >= 15 is 0 Å². The second-order valence-electron chi connectivity index (χ2n) is 7.33. The third-order valence-corrected chi connectivity index (χ3v) is 6.94. The van der Waals surface area contributed by atoms with Crippen LogP contribution in [0.5, 0.6) is 5.75 Å². The van der Waals surface area contributed by atoms with Crippen molar-refractivity contribution in [2.45, 2.75) is 49.8 Å². The van der Waals surface area contributed by atoms with Crippen molar-refractivity contribution in [1.29, 1.82) is 0 Å². The number of carbonyl (C=O) groups excluding carboxylic acids is 2. The Bertz CT molecular complexity index is 896. The molecule has 0 spiro atoms. The molecule has 0 radical (unpaired) electrons. The Balaban J connectivity index is 1.90. The Morgan fingerprint density at radius 2 is 1.77 bits per heavy atom. The minimum atomic E-state index is -0.564. The molecule has 0 aromatic heterocycles. The van der Waals surface area contributed by atoms with Crippen LogP contribution in [0.4, 0.5) is 0 Å². The molecular weight excluding hydrogens is 398 g/mol. The zero-order chi connectivity index (χ0) is 21.7. The number of phenolic OH excluding ortho intramolecular Hbond substituents is 1. The molecule has 2 aromatic rings. The molecule has 6 heteroatoms. The lowest BCUT2D eigenvalue weighted by Gasteiger charge is -2.20. The van der Waals surface area contributed by atoms with Gasteiger partial charge in [-0.05, 0) is 25.6 Å². The van der Waals surface area contributed by atoms with Gasteiger partial charge in [0.1, 0.15) is 5.75 Å². The van der Waals surface area contributed by atoms with E-state index in [2.05, 4.69) is 18.7 Å². The van der Waals surface area contributed by atoms with E-state index in [9.17, 15) is 14.7 Å². The molecule has 160 valence electrons. The van der Waals surface area contributed by atoms with Crippen LogP contribution in [0.1, 0.15) is 54.6 Å². The molecule has 0 saturated heterocycles. The van der Waals surface area contributed by atoms with Gasteiger partial charge in [-0.15, -0.1) is 11.8 Å². The van der Waals surface area contributed by atoms with Gasteiger partial charge in [0, 0.05) is 29.3 Å². The van der Waals surface area contributed by atoms with Crippen molar-refractivity contribution in [2.75, 3.05) is 19.7 Å². The highest BCUT2D eigenvalue weighted by Crippen LogP contribution is 2.52. The van der Waals surface area contributed by atoms with Crippen LogP contribution in [-0.4, -0.2) is 46.7 Å². The van der Waals surface area contributed by atoms with Crippen LogP contribution in [0.15, 0.2) is 47.4 Å². The summed E-state index contributed by atoms with van der Waals surface area (Å²) in [4.78, 5) is 28.5. The fraction of sp³-hybridized carbons (Fsp3) is 0.417. The first-order chi connectivity index (χ1) is 14.5. The van der Waals surface area contributed by atoms with Crippen molar-refractivity contribution in [2.24, 2.45) is 0 Å². The SMILES string of the molecule is CCOC(=O)C1c2ccc(CN(CC)CC)c(O)c2SC1CC(=O)c1ccccc1. The van der Waals surface area contributed by atoms with Crippen molar-refractivity contribution in [3.63, 3.8) is 0 Å². The van der Waals surface area contributed by atoms with E-state index in [0.29, 0.717) is 17.0 Å². The molecular formula is C24H29NO4S. The van der Waals surface area contributed by atoms with Crippen molar-refractivity contribution in [3.8, 4) is 5.75 Å². The molecule has 3 rings (SSSR count). The monoisotopic (exact) mass is 427 g/mol. The summed E-state index contributed by atoms with van der Waals surface area (Å²) in [6, 6.07) is 12.9. The predicted octanol–water partition coefficient (Wildman–Crippen LogP) is 4.63. The van der Waals surface area contributed by atoms with E-state index in [0.717, 1.165) is 24.2 Å². The maximum atomic E-state index is 12.8. The van der Waals surface area contributed by atoms with Crippen LogP contribution in [0.3, 0.4) is 0 Å². The number of rotatable bonds is 9. The number of hydrogen-bond acceptors (Lipinski definition) is 6. The Kier molecular flexibility index (Phi) is 7.56. The highest BCUT2D eigenvalue weighted by Gasteiger charge is 2.42. The van der Waals surface area contributed by atoms with Crippen molar-refractivity contribution in [3.05, 3.63) is 59.2 Å². The lowest BCUT2D eigenvalue weighted by Crippen LogP contribution is -2.25. The molecule has 0 aliphatic carbocycles. The molecule has 1 aliphatic heterocycles. The Morgan fingerprint density at radius 1 is 1.07 bits per heavy atom. The summed E-state index contributed by atoms with van der Waals surface area (Å²) in [7, 11) is 0. The lowest BCUT2D eigenvalue weighted by molar-refractivity contribution is -0.144. The molecule has 1 heterocycles. The minimum absolute atomic E-state index is 0.0157. The zero-order valence-corrected chi connectivity index (χ0v) is 18.6. The van der Waals surface area contributed by atoms with Crippen LogP contribution in [0, 0.1) is 0 Å². The molecule has 0 saturated carbocycles. The summed E-state index contributed by atoms with van der Waals surface area (Å²) in [5, 5.41) is 10.7. The van der Waals surface area contributed by atoms with E-state index in [-0.39, 0.29) is 35.8 Å². The van der Waals surface area contributed by atoms with Crippen LogP contribution in [0.25, 0.3) is 0 Å². The number of esters is 1. The van der Waals surface area contributed by atoms with Crippen molar-refractivity contribution >= 4 is 23.5 Å². The first-order valence-electron chi connectivity index (χ1n) is 10.5. The summed E-state index contributed by atoms with van der Waals surface area (Å²) in [6.07, 6.45) is 0.206. The Labute approximate surface area is 182 Å². The van der Waals surface area contributed by atoms with Gasteiger partial charge in [0.05, 0.1) is 17.4 Å². The number of phenols is 1. The predicted molar refractivity (Wildman–Crippen MR) is 119 cm³/mol. The summed E-state index contributed by atoms with van der Waals surface area (Å²) >= 11 is 1.41. The molecule has 2 unspecified atom stereocenters. The molecule has 0 bridgehead atoms. The van der Waals surface area contributed by atoms with E-state index in [1.54, 1.807) is 19.1 Å². The number of Topliss-reactive ketones (excluding diaryl/α,β-unsaturated/α-hetero) is 1. The van der Waals surface area contributed by atoms with Gasteiger partial charge in [0.25, 0.3) is 0 Å². The number of hydrogen-bond donors (Lipinski definition) is 1. The first kappa shape index (κ1) is 22.4. The minimum Gasteiger partial charge on any atom is -0.506 e. The highest BCUT2D eigenvalue weighted by molar-refractivity contribution is 8.00. The van der Waals surface area contributed by atoms with Crippen LogP contribution < -0.4 is 0 Å². The summed E-state index contributed by atoms with van der Waals surface area (Å²) in [5.41, 5.74) is 2.22. The number of nitrogens with zero attached hydrogens (tertiary/aromatic N) is 1. The number of aromatic hydroxyl groups is 1. The van der Waals surface area contributed by atoms with Crippen LogP contribution in [0.2, 0.25) is 0 Å². The first-order valence-corrected chi connectivity index (χ1v) is 11.4. The van der Waals surface area contributed by atoms with Gasteiger partial charge in [-0.25, -0.2) is 0 Å². The maximum absolute atomic E-state index is 12.8. The topological polar surface area (TPSA) is 66.8 Å². The summed E-state index contributed by atoms with van der Waals surface area (Å²) < 4.78 is 5.32. The fourth-order valence-corrected chi connectivity index (χ4v) is 5.33. The second-order valence-corrected chi connectivity index (χ2v) is 8.58. The number of carbonyl (C=O) groups is 2. The molecule has 2 atom stereocenters. The average Bonchev–Trinajstić information content (AvgIpc) is 3.13. The van der Waals surface area contributed by atoms with E-state index in [4.69, 9.17) is 4.74 Å². The third kappa shape index (κ3) is 4.71. The van der Waals surface area contributed by atoms with Gasteiger partial charge < -0.3 is 9.84 Å². The van der Waals surface area contributed by atoms with Gasteiger partial charge in [0.2, 0.25) is 0 Å². The van der Waals surface area contributed by atoms with Crippen molar-refractivity contribution < 1.29 is 19.4 Å². The number of ketones is 1. The number of thioether (sulfide) groups is 1. The molecule has 0 amide bonds. The molecule has 0 fully saturated rings. The number of fused-ring (bicyclic) bond motifs is 1. The zero-order valence-electron chi connectivity index (χ0n) is 17.8. The van der Waals surface area contributed by atoms with E-state index < -0.39 is 5.92 Å². The van der Waals surface area contributed by atoms with Crippen LogP contribution in [-0.2, 0) is 16.1 Å². The maximum Gasteiger partial charge on any atom is 0.314 e. The largest absolute Gasteiger partial charge is 0.506 e. The summed E-state index contributed by atoms with van der Waals surface area (Å²) in [6.45, 7) is 8.65. The molecule has 1 aliphatic rings. The fourth-order valence-electron chi connectivity index (χ4n) is 3.83. The van der Waals surface area contributed by atoms with E-state index in [1.165, 1.54) is 11.8 Å². The van der Waals surface area contributed by atoms with Gasteiger partial charge >= 0.3 is 5.97 Å². The molecule has 1 N–H and O–H groups in total. The second kappa shape index (κ2) is 10.1. The molecule has 30 heavy (non-hydrogen) atoms. The normalized spacial score (nSPS) is 17.7. The van der Waals surface area contributed by atoms with Gasteiger partial charge in [0.15, 0.2) is 5.78 Å². The van der Waals surface area contributed by atoms with Crippen molar-refractivity contribution in [1.82, 2.24) is 4.90 Å². The third-order valence-electron chi connectivity index (χ3n) is 5.53. The quantitative estimate of drug-likeness (QED) is 0.465. The molecule has 2 aromatic carbocycles. The van der Waals surface area contributed by atoms with Gasteiger partial charge in [-0.3, -0.25) is 14.5 Å². The lowest BCUT2D eigenvalue weighted by atomic mass is 9.91. The van der Waals surface area contributed by atoms with Gasteiger partial charge in [-0.1, -0.05) is 56.3 Å². The Morgan fingerprint density at radius 3 is 2.40 bits per heavy atom. The summed E-state index contributed by atoms with van der Waals surface area (Å²) in [5.74, 6) is -0.706. The van der Waals surface area contributed by atoms with E-state index in [1.807, 2.05) is 30.3 Å².